The Kier molecular flexibility index (Phi) is 45.6. The molecule has 0 N–H and O–H groups in total. The molecule has 0 rings (SSSR count). The minimum atomic E-state index is -0.826. The molecule has 6 heteroatoms. The molecule has 0 spiro atoms. The van der Waals surface area contributed by atoms with Crippen LogP contribution in [-0.4, -0.2) is 37.2 Å². The highest BCUT2D eigenvalue weighted by Gasteiger charge is 2.19. The van der Waals surface area contributed by atoms with Crippen LogP contribution in [-0.2, 0) is 28.6 Å². The Morgan fingerprint density at radius 3 is 1.16 bits per heavy atom. The van der Waals surface area contributed by atoms with Gasteiger partial charge in [0.15, 0.2) is 6.10 Å². The van der Waals surface area contributed by atoms with Crippen LogP contribution in [0, 0.1) is 0 Å². The van der Waals surface area contributed by atoms with Crippen molar-refractivity contribution in [1.82, 2.24) is 0 Å². The van der Waals surface area contributed by atoms with Gasteiger partial charge >= 0.3 is 17.9 Å². The summed E-state index contributed by atoms with van der Waals surface area (Å²) in [5.74, 6) is -1.04. The molecule has 0 aromatic carbocycles. The van der Waals surface area contributed by atoms with Gasteiger partial charge in [0, 0.05) is 19.3 Å². The van der Waals surface area contributed by atoms with Gasteiger partial charge in [-0.25, -0.2) is 0 Å². The first kappa shape index (κ1) is 57.1. The molecule has 0 bridgehead atoms. The van der Waals surface area contributed by atoms with Crippen LogP contribution < -0.4 is 0 Å². The maximum absolute atomic E-state index is 12.8. The molecular formula is C55H88O6. The quantitative estimate of drug-likeness (QED) is 0.0200. The summed E-state index contributed by atoms with van der Waals surface area (Å²) in [6.45, 7) is 6.28. The van der Waals surface area contributed by atoms with Crippen LogP contribution in [0.2, 0.25) is 0 Å². The van der Waals surface area contributed by atoms with Gasteiger partial charge in [-0.05, 0) is 109 Å². The van der Waals surface area contributed by atoms with E-state index in [9.17, 15) is 14.4 Å². The number of carbonyl (C=O) groups excluding carboxylic acids is 3. The predicted octanol–water partition coefficient (Wildman–Crippen LogP) is 16.0. The van der Waals surface area contributed by atoms with E-state index < -0.39 is 6.10 Å². The van der Waals surface area contributed by atoms with Crippen molar-refractivity contribution in [3.8, 4) is 0 Å². The molecule has 0 saturated carbocycles. The van der Waals surface area contributed by atoms with Crippen molar-refractivity contribution in [3.63, 3.8) is 0 Å². The van der Waals surface area contributed by atoms with Crippen molar-refractivity contribution in [3.05, 3.63) is 109 Å². The number of carbonyl (C=O) groups is 3. The first-order chi connectivity index (χ1) is 30.0. The maximum Gasteiger partial charge on any atom is 0.306 e. The Bertz CT molecular complexity index is 1290. The topological polar surface area (TPSA) is 78.9 Å². The van der Waals surface area contributed by atoms with E-state index in [1.165, 1.54) is 44.9 Å². The van der Waals surface area contributed by atoms with Crippen LogP contribution in [0.3, 0.4) is 0 Å². The van der Waals surface area contributed by atoms with E-state index >= 15 is 0 Å². The third-order valence-corrected chi connectivity index (χ3v) is 9.77. The lowest BCUT2D eigenvalue weighted by atomic mass is 10.1. The van der Waals surface area contributed by atoms with Gasteiger partial charge in [0.05, 0.1) is 0 Å². The van der Waals surface area contributed by atoms with Crippen LogP contribution >= 0.6 is 0 Å². The van der Waals surface area contributed by atoms with Crippen molar-refractivity contribution < 1.29 is 28.6 Å². The molecule has 0 aromatic heterocycles. The molecule has 0 saturated heterocycles. The molecule has 1 atom stereocenters. The largest absolute Gasteiger partial charge is 0.462 e. The molecule has 0 aromatic rings. The van der Waals surface area contributed by atoms with Crippen molar-refractivity contribution >= 4 is 17.9 Å². The third-order valence-electron chi connectivity index (χ3n) is 9.77. The Balaban J connectivity index is 4.55. The molecule has 0 aliphatic carbocycles. The molecule has 0 fully saturated rings. The highest BCUT2D eigenvalue weighted by atomic mass is 16.6. The average Bonchev–Trinajstić information content (AvgIpc) is 3.26. The summed E-state index contributed by atoms with van der Waals surface area (Å²) in [5.41, 5.74) is 0. The van der Waals surface area contributed by atoms with E-state index in [0.29, 0.717) is 19.3 Å². The van der Waals surface area contributed by atoms with Crippen LogP contribution in [0.15, 0.2) is 109 Å². The number of unbranched alkanes of at least 4 members (excludes halogenated alkanes) is 14. The second kappa shape index (κ2) is 48.7. The molecule has 61 heavy (non-hydrogen) atoms. The maximum atomic E-state index is 12.8. The van der Waals surface area contributed by atoms with Gasteiger partial charge < -0.3 is 14.2 Å². The molecule has 0 radical (unpaired) electrons. The van der Waals surface area contributed by atoms with E-state index in [0.717, 1.165) is 103 Å². The zero-order valence-electron chi connectivity index (χ0n) is 39.1. The molecule has 0 amide bonds. The van der Waals surface area contributed by atoms with E-state index in [4.69, 9.17) is 14.2 Å². The zero-order valence-corrected chi connectivity index (χ0v) is 39.1. The fraction of sp³-hybridized carbons (Fsp3) is 0.618. The number of esters is 3. The average molecular weight is 845 g/mol. The van der Waals surface area contributed by atoms with Gasteiger partial charge in [0.2, 0.25) is 0 Å². The first-order valence-corrected chi connectivity index (χ1v) is 24.4. The molecule has 0 aliphatic heterocycles. The lowest BCUT2D eigenvalue weighted by Gasteiger charge is -2.18. The van der Waals surface area contributed by atoms with Crippen molar-refractivity contribution in [2.24, 2.45) is 0 Å². The van der Waals surface area contributed by atoms with E-state index in [-0.39, 0.29) is 44.0 Å². The number of rotatable bonds is 42. The molecular weight excluding hydrogens is 757 g/mol. The summed E-state index contributed by atoms with van der Waals surface area (Å²) >= 11 is 0. The SMILES string of the molecule is CC/C=C\C/C=C\C/C=C\C/C=C\CCCCCC(=O)OCC(COC(=O)CCC/C=C\C/C=C\C/C=C\CC)OC(=O)CCCCC/C=C\C=C/CCCCCCCCC. The van der Waals surface area contributed by atoms with Gasteiger partial charge in [-0.2, -0.15) is 0 Å². The van der Waals surface area contributed by atoms with Gasteiger partial charge in [0.1, 0.15) is 13.2 Å². The first-order valence-electron chi connectivity index (χ1n) is 24.4. The Morgan fingerprint density at radius 1 is 0.361 bits per heavy atom. The lowest BCUT2D eigenvalue weighted by molar-refractivity contribution is -0.167. The van der Waals surface area contributed by atoms with Gasteiger partial charge in [-0.1, -0.05) is 182 Å². The minimum absolute atomic E-state index is 0.123. The summed E-state index contributed by atoms with van der Waals surface area (Å²) in [5, 5.41) is 0. The highest BCUT2D eigenvalue weighted by Crippen LogP contribution is 2.11. The second-order valence-corrected chi connectivity index (χ2v) is 15.6. The standard InChI is InChI=1S/C55H88O6/c1-4-7-10-13-16-19-22-24-26-28-30-33-36-39-42-45-48-54(57)60-51-52(50-59-53(56)47-44-41-38-35-32-21-18-15-12-9-6-3)61-55(58)49-46-43-40-37-34-31-29-27-25-23-20-17-14-11-8-5-2/h7,9-10,12,16,18-19,21,24,26-27,29-31,33-35,38,52H,4-6,8,11,13-15,17,20,22-23,25,28,32,36-37,39-51H2,1-3H3/b10-7-,12-9-,19-16-,21-18-,26-24-,29-27-,33-30-,34-31-,38-35-. The minimum Gasteiger partial charge on any atom is -0.462 e. The van der Waals surface area contributed by atoms with Crippen LogP contribution in [0.5, 0.6) is 0 Å². The van der Waals surface area contributed by atoms with Gasteiger partial charge in [-0.3, -0.25) is 14.4 Å². The summed E-state index contributed by atoms with van der Waals surface area (Å²) in [6, 6.07) is 0. The second-order valence-electron chi connectivity index (χ2n) is 15.6. The summed E-state index contributed by atoms with van der Waals surface area (Å²) in [4.78, 5) is 37.8. The highest BCUT2D eigenvalue weighted by molar-refractivity contribution is 5.71. The van der Waals surface area contributed by atoms with Crippen LogP contribution in [0.4, 0.5) is 0 Å². The molecule has 1 unspecified atom stereocenters. The Hall–Kier alpha value is -3.93. The molecule has 6 nitrogen and oxygen atoms in total. The predicted molar refractivity (Wildman–Crippen MR) is 260 cm³/mol. The van der Waals surface area contributed by atoms with Gasteiger partial charge in [0.25, 0.3) is 0 Å². The summed E-state index contributed by atoms with van der Waals surface area (Å²) in [7, 11) is 0. The van der Waals surface area contributed by atoms with Gasteiger partial charge in [-0.15, -0.1) is 0 Å². The van der Waals surface area contributed by atoms with E-state index in [2.05, 4.69) is 130 Å². The Morgan fingerprint density at radius 2 is 0.705 bits per heavy atom. The van der Waals surface area contributed by atoms with Crippen molar-refractivity contribution in [2.45, 2.75) is 207 Å². The lowest BCUT2D eigenvalue weighted by Crippen LogP contribution is -2.30. The zero-order chi connectivity index (χ0) is 44.4. The summed E-state index contributed by atoms with van der Waals surface area (Å²) in [6.07, 6.45) is 65.1. The molecule has 0 aliphatic rings. The molecule has 344 valence electrons. The van der Waals surface area contributed by atoms with Crippen molar-refractivity contribution in [1.29, 1.82) is 0 Å². The van der Waals surface area contributed by atoms with Crippen LogP contribution in [0.25, 0.3) is 0 Å². The fourth-order valence-electron chi connectivity index (χ4n) is 6.15. The van der Waals surface area contributed by atoms with Crippen LogP contribution in [0.1, 0.15) is 201 Å². The fourth-order valence-corrected chi connectivity index (χ4v) is 6.15. The number of hydrogen-bond donors (Lipinski definition) is 0. The smallest absolute Gasteiger partial charge is 0.306 e. The normalized spacial score (nSPS) is 13.0. The number of hydrogen-bond acceptors (Lipinski definition) is 6. The van der Waals surface area contributed by atoms with Crippen molar-refractivity contribution in [2.75, 3.05) is 13.2 Å². The monoisotopic (exact) mass is 845 g/mol. The van der Waals surface area contributed by atoms with E-state index in [1.54, 1.807) is 0 Å². The third kappa shape index (κ3) is 47.0. The summed E-state index contributed by atoms with van der Waals surface area (Å²) < 4.78 is 16.6. The molecule has 0 heterocycles. The number of ether oxygens (including phenoxy) is 3. The Labute approximate surface area is 374 Å². The van der Waals surface area contributed by atoms with E-state index in [1.807, 2.05) is 0 Å². The number of allylic oxidation sites excluding steroid dienone is 18.